The van der Waals surface area contributed by atoms with Gasteiger partial charge in [-0.15, -0.1) is 13.2 Å². The summed E-state index contributed by atoms with van der Waals surface area (Å²) in [5.74, 6) is -1.61. The van der Waals surface area contributed by atoms with Gasteiger partial charge in [-0.1, -0.05) is 23.7 Å². The number of hydrogen-bond donors (Lipinski definition) is 1. The molecule has 25 heavy (non-hydrogen) atoms. The molecule has 2 rings (SSSR count). The van der Waals surface area contributed by atoms with Crippen LogP contribution >= 0.6 is 11.6 Å². The van der Waals surface area contributed by atoms with Gasteiger partial charge in [0.1, 0.15) is 11.6 Å². The number of carbonyl (C=O) groups is 1. The molecule has 0 spiro atoms. The Morgan fingerprint density at radius 3 is 2.32 bits per heavy atom. The van der Waals surface area contributed by atoms with Crippen molar-refractivity contribution in [3.63, 3.8) is 0 Å². The Morgan fingerprint density at radius 1 is 1.16 bits per heavy atom. The largest absolute Gasteiger partial charge is 0.573 e. The minimum Gasteiger partial charge on any atom is -0.406 e. The second-order valence-electron chi connectivity index (χ2n) is 4.85. The van der Waals surface area contributed by atoms with Crippen LogP contribution in [-0.2, 0) is 9.53 Å². The zero-order valence-electron chi connectivity index (χ0n) is 12.7. The molecule has 1 N–H and O–H groups in total. The second kappa shape index (κ2) is 7.71. The first-order chi connectivity index (χ1) is 11.7. The summed E-state index contributed by atoms with van der Waals surface area (Å²) in [5.41, 5.74) is 0.472. The third-order valence-electron chi connectivity index (χ3n) is 3.08. The molecule has 0 saturated carbocycles. The molecule has 0 radical (unpaired) electrons. The summed E-state index contributed by atoms with van der Waals surface area (Å²) in [5, 5.41) is 2.29. The SMILES string of the molecule is COC(C(=O)Nc1ccc(OC(F)(F)F)cc1Cl)c1ccc(F)cc1. The molecule has 0 bridgehead atoms. The highest BCUT2D eigenvalue weighted by Crippen LogP contribution is 2.31. The third kappa shape index (κ3) is 5.33. The Bertz CT molecular complexity index is 750. The topological polar surface area (TPSA) is 47.6 Å². The molecule has 134 valence electrons. The van der Waals surface area contributed by atoms with Gasteiger partial charge in [0.15, 0.2) is 6.10 Å². The zero-order valence-corrected chi connectivity index (χ0v) is 13.5. The summed E-state index contributed by atoms with van der Waals surface area (Å²) in [6.07, 6.45) is -5.90. The first-order valence-electron chi connectivity index (χ1n) is 6.84. The Morgan fingerprint density at radius 2 is 1.80 bits per heavy atom. The molecule has 0 aromatic heterocycles. The van der Waals surface area contributed by atoms with Crippen molar-refractivity contribution in [1.29, 1.82) is 0 Å². The van der Waals surface area contributed by atoms with E-state index in [9.17, 15) is 22.4 Å². The van der Waals surface area contributed by atoms with Crippen molar-refractivity contribution in [2.75, 3.05) is 12.4 Å². The molecule has 1 atom stereocenters. The molecular formula is C16H12ClF4NO3. The minimum atomic E-state index is -4.85. The standard InChI is InChI=1S/C16H12ClF4NO3/c1-24-14(9-2-4-10(18)5-3-9)15(23)22-13-7-6-11(8-12(13)17)25-16(19,20)21/h2-8,14H,1H3,(H,22,23). The molecule has 2 aromatic rings. The van der Waals surface area contributed by atoms with E-state index in [4.69, 9.17) is 16.3 Å². The molecular weight excluding hydrogens is 366 g/mol. The first kappa shape index (κ1) is 19.0. The fourth-order valence-corrected chi connectivity index (χ4v) is 2.24. The van der Waals surface area contributed by atoms with Gasteiger partial charge in [-0.05, 0) is 29.8 Å². The molecule has 9 heteroatoms. The summed E-state index contributed by atoms with van der Waals surface area (Å²) < 4.78 is 58.3. The van der Waals surface area contributed by atoms with E-state index in [1.807, 2.05) is 0 Å². The monoisotopic (exact) mass is 377 g/mol. The molecule has 0 saturated heterocycles. The van der Waals surface area contributed by atoms with Crippen molar-refractivity contribution in [2.45, 2.75) is 12.5 Å². The number of carbonyl (C=O) groups excluding carboxylic acids is 1. The Labute approximate surface area is 145 Å². The molecule has 1 unspecified atom stereocenters. The maximum absolute atomic E-state index is 13.0. The van der Waals surface area contributed by atoms with Gasteiger partial charge < -0.3 is 14.8 Å². The number of nitrogens with one attached hydrogen (secondary N) is 1. The maximum atomic E-state index is 13.0. The molecule has 0 heterocycles. The molecule has 0 aliphatic heterocycles. The van der Waals surface area contributed by atoms with Gasteiger partial charge in [0.25, 0.3) is 5.91 Å². The van der Waals surface area contributed by atoms with E-state index in [1.165, 1.54) is 37.4 Å². The molecule has 0 aliphatic carbocycles. The predicted octanol–water partition coefficient (Wildman–Crippen LogP) is 4.70. The van der Waals surface area contributed by atoms with Crippen LogP contribution in [0.3, 0.4) is 0 Å². The van der Waals surface area contributed by atoms with Gasteiger partial charge in [0.05, 0.1) is 10.7 Å². The van der Waals surface area contributed by atoms with Crippen molar-refractivity contribution in [3.8, 4) is 5.75 Å². The van der Waals surface area contributed by atoms with Crippen molar-refractivity contribution in [2.24, 2.45) is 0 Å². The number of benzene rings is 2. The van der Waals surface area contributed by atoms with Gasteiger partial charge in [0, 0.05) is 13.2 Å². The van der Waals surface area contributed by atoms with Crippen LogP contribution in [-0.4, -0.2) is 19.4 Å². The fourth-order valence-electron chi connectivity index (χ4n) is 2.02. The van der Waals surface area contributed by atoms with Gasteiger partial charge in [-0.2, -0.15) is 0 Å². The fraction of sp³-hybridized carbons (Fsp3) is 0.188. The quantitative estimate of drug-likeness (QED) is 0.768. The lowest BCUT2D eigenvalue weighted by Crippen LogP contribution is -2.23. The highest BCUT2D eigenvalue weighted by Gasteiger charge is 2.31. The van der Waals surface area contributed by atoms with Crippen LogP contribution in [0.4, 0.5) is 23.2 Å². The lowest BCUT2D eigenvalue weighted by molar-refractivity contribution is -0.274. The first-order valence-corrected chi connectivity index (χ1v) is 7.22. The molecule has 2 aromatic carbocycles. The summed E-state index contributed by atoms with van der Waals surface area (Å²) in [6.45, 7) is 0. The van der Waals surface area contributed by atoms with Crippen molar-refractivity contribution < 1.29 is 31.8 Å². The number of anilines is 1. The highest BCUT2D eigenvalue weighted by molar-refractivity contribution is 6.33. The Kier molecular flexibility index (Phi) is 5.86. The van der Waals surface area contributed by atoms with Crippen molar-refractivity contribution >= 4 is 23.2 Å². The molecule has 1 amide bonds. The lowest BCUT2D eigenvalue weighted by Gasteiger charge is -2.17. The average Bonchev–Trinajstić information content (AvgIpc) is 2.51. The maximum Gasteiger partial charge on any atom is 0.573 e. The van der Waals surface area contributed by atoms with Gasteiger partial charge in [-0.3, -0.25) is 4.79 Å². The Balaban J connectivity index is 2.14. The van der Waals surface area contributed by atoms with E-state index in [-0.39, 0.29) is 10.7 Å². The zero-order chi connectivity index (χ0) is 18.6. The second-order valence-corrected chi connectivity index (χ2v) is 5.25. The smallest absolute Gasteiger partial charge is 0.406 e. The van der Waals surface area contributed by atoms with E-state index >= 15 is 0 Å². The van der Waals surface area contributed by atoms with Crippen LogP contribution in [0.25, 0.3) is 0 Å². The van der Waals surface area contributed by atoms with E-state index in [2.05, 4.69) is 10.1 Å². The van der Waals surface area contributed by atoms with E-state index in [0.29, 0.717) is 5.56 Å². The average molecular weight is 378 g/mol. The van der Waals surface area contributed by atoms with E-state index in [1.54, 1.807) is 0 Å². The van der Waals surface area contributed by atoms with Crippen LogP contribution in [0.15, 0.2) is 42.5 Å². The molecule has 4 nitrogen and oxygen atoms in total. The summed E-state index contributed by atoms with van der Waals surface area (Å²) in [6, 6.07) is 8.20. The van der Waals surface area contributed by atoms with Gasteiger partial charge >= 0.3 is 6.36 Å². The number of methoxy groups -OCH3 is 1. The van der Waals surface area contributed by atoms with E-state index in [0.717, 1.165) is 12.1 Å². The molecule has 0 aliphatic rings. The summed E-state index contributed by atoms with van der Waals surface area (Å²) in [4.78, 5) is 12.3. The van der Waals surface area contributed by atoms with Crippen LogP contribution in [0.1, 0.15) is 11.7 Å². The normalized spacial score (nSPS) is 12.6. The number of hydrogen-bond acceptors (Lipinski definition) is 3. The van der Waals surface area contributed by atoms with E-state index < -0.39 is 29.9 Å². The summed E-state index contributed by atoms with van der Waals surface area (Å²) in [7, 11) is 1.29. The van der Waals surface area contributed by atoms with Crippen LogP contribution in [0.2, 0.25) is 5.02 Å². The number of alkyl halides is 3. The minimum absolute atomic E-state index is 0.0744. The van der Waals surface area contributed by atoms with Crippen LogP contribution in [0.5, 0.6) is 5.75 Å². The number of rotatable bonds is 5. The number of halogens is 5. The van der Waals surface area contributed by atoms with Gasteiger partial charge in [-0.25, -0.2) is 4.39 Å². The lowest BCUT2D eigenvalue weighted by atomic mass is 10.1. The van der Waals surface area contributed by atoms with Crippen molar-refractivity contribution in [3.05, 3.63) is 58.9 Å². The van der Waals surface area contributed by atoms with Crippen molar-refractivity contribution in [1.82, 2.24) is 0 Å². The van der Waals surface area contributed by atoms with Crippen LogP contribution < -0.4 is 10.1 Å². The predicted molar refractivity (Wildman–Crippen MR) is 82.9 cm³/mol. The Hall–Kier alpha value is -2.32. The number of amides is 1. The highest BCUT2D eigenvalue weighted by atomic mass is 35.5. The van der Waals surface area contributed by atoms with Crippen LogP contribution in [0, 0.1) is 5.82 Å². The van der Waals surface area contributed by atoms with Gasteiger partial charge in [0.2, 0.25) is 0 Å². The number of ether oxygens (including phenoxy) is 2. The summed E-state index contributed by atoms with van der Waals surface area (Å²) >= 11 is 5.86. The molecule has 0 fully saturated rings. The third-order valence-corrected chi connectivity index (χ3v) is 3.39.